The molecule has 190 valence electrons. The number of fused-ring (bicyclic) bond motifs is 2. The van der Waals surface area contributed by atoms with Crippen LogP contribution in [0.2, 0.25) is 0 Å². The van der Waals surface area contributed by atoms with Gasteiger partial charge in [0.25, 0.3) is 0 Å². The number of hydroxylamine groups is 1. The number of benzene rings is 1. The number of nitrogens with zero attached hydrogens (tertiary/aromatic N) is 5. The lowest BCUT2D eigenvalue weighted by molar-refractivity contribution is -0.258. The fraction of sp³-hybridized carbons (Fsp3) is 0.577. The number of halogens is 1. The van der Waals surface area contributed by atoms with Crippen molar-refractivity contribution in [3.63, 3.8) is 0 Å². The molecule has 1 N–H and O–H groups in total. The fourth-order valence-electron chi connectivity index (χ4n) is 5.54. The van der Waals surface area contributed by atoms with Crippen molar-refractivity contribution in [2.24, 2.45) is 5.92 Å². The second kappa shape index (κ2) is 11.2. The van der Waals surface area contributed by atoms with Crippen molar-refractivity contribution in [3.8, 4) is 11.6 Å². The van der Waals surface area contributed by atoms with Crippen molar-refractivity contribution in [3.05, 3.63) is 53.7 Å². The van der Waals surface area contributed by atoms with Crippen molar-refractivity contribution in [2.75, 3.05) is 52.5 Å². The predicted octanol–water partition coefficient (Wildman–Crippen LogP) is 2.86. The molecule has 0 spiro atoms. The van der Waals surface area contributed by atoms with Gasteiger partial charge in [0.15, 0.2) is 11.9 Å². The lowest BCUT2D eigenvalue weighted by Crippen LogP contribution is -2.58. The van der Waals surface area contributed by atoms with E-state index in [1.807, 2.05) is 42.5 Å². The molecule has 3 atom stereocenters. The normalized spacial score (nSPS) is 25.3. The van der Waals surface area contributed by atoms with E-state index in [2.05, 4.69) is 26.6 Å². The Morgan fingerprint density at radius 3 is 2.83 bits per heavy atom. The number of hydrogen-bond donors (Lipinski definition) is 1. The number of ether oxygens (including phenoxy) is 1. The summed E-state index contributed by atoms with van der Waals surface area (Å²) in [6.07, 6.45) is 1.70. The Kier molecular flexibility index (Phi) is 7.79. The molecule has 5 rings (SSSR count). The van der Waals surface area contributed by atoms with Gasteiger partial charge in [0, 0.05) is 68.1 Å². The minimum absolute atomic E-state index is 0.148. The maximum Gasteiger partial charge on any atom is 0.213 e. The van der Waals surface area contributed by atoms with E-state index >= 15 is 0 Å². The molecular weight excluding hydrogens is 449 g/mol. The number of pyridine rings is 1. The van der Waals surface area contributed by atoms with E-state index < -0.39 is 6.17 Å². The molecule has 35 heavy (non-hydrogen) atoms. The third-order valence-corrected chi connectivity index (χ3v) is 7.46. The number of rotatable bonds is 9. The zero-order chi connectivity index (χ0) is 24.2. The van der Waals surface area contributed by atoms with E-state index in [0.29, 0.717) is 48.6 Å². The van der Waals surface area contributed by atoms with Gasteiger partial charge in [-0.15, -0.1) is 0 Å². The molecule has 8 nitrogen and oxygen atoms in total. The van der Waals surface area contributed by atoms with Gasteiger partial charge in [-0.2, -0.15) is 0 Å². The third-order valence-electron chi connectivity index (χ3n) is 7.46. The van der Waals surface area contributed by atoms with Gasteiger partial charge in [0.2, 0.25) is 5.88 Å². The molecule has 3 unspecified atom stereocenters. The Morgan fingerprint density at radius 1 is 1.11 bits per heavy atom. The van der Waals surface area contributed by atoms with Crippen LogP contribution in [0.4, 0.5) is 4.48 Å². The van der Waals surface area contributed by atoms with Crippen LogP contribution in [0.25, 0.3) is 0 Å². The second-order valence-corrected chi connectivity index (χ2v) is 9.73. The number of aromatic nitrogens is 1. The van der Waals surface area contributed by atoms with Crippen molar-refractivity contribution in [1.82, 2.24) is 25.0 Å². The van der Waals surface area contributed by atoms with Gasteiger partial charge in [-0.25, -0.2) is 4.98 Å². The lowest BCUT2D eigenvalue weighted by Gasteiger charge is -2.47. The van der Waals surface area contributed by atoms with Crippen LogP contribution in [0.5, 0.6) is 11.6 Å². The maximum atomic E-state index is 14.6. The Balaban J connectivity index is 1.12. The van der Waals surface area contributed by atoms with Gasteiger partial charge in [0.05, 0.1) is 18.9 Å². The van der Waals surface area contributed by atoms with Crippen molar-refractivity contribution in [2.45, 2.75) is 38.5 Å². The SMILES string of the molecule is CCN(CCO)Cc1cccc(OCC2CCC3CN(C4c5ccccc5ON4F)CCN3C2)n1. The number of piperidine rings is 1. The Bertz CT molecular complexity index is 982. The van der Waals surface area contributed by atoms with Crippen molar-refractivity contribution >= 4 is 0 Å². The molecule has 1 aromatic carbocycles. The highest BCUT2D eigenvalue weighted by Crippen LogP contribution is 2.41. The zero-order valence-corrected chi connectivity index (χ0v) is 20.4. The molecule has 9 heteroatoms. The summed E-state index contributed by atoms with van der Waals surface area (Å²) >= 11 is 0. The number of hydrogen-bond acceptors (Lipinski definition) is 8. The van der Waals surface area contributed by atoms with Crippen molar-refractivity contribution < 1.29 is 19.2 Å². The van der Waals surface area contributed by atoms with Crippen LogP contribution in [0.1, 0.15) is 37.2 Å². The quantitative estimate of drug-likeness (QED) is 0.544. The second-order valence-electron chi connectivity index (χ2n) is 9.73. The van der Waals surface area contributed by atoms with Crippen LogP contribution in [-0.2, 0) is 6.54 Å². The summed E-state index contributed by atoms with van der Waals surface area (Å²) in [7, 11) is 0. The molecule has 0 aliphatic carbocycles. The van der Waals surface area contributed by atoms with Gasteiger partial charge >= 0.3 is 0 Å². The summed E-state index contributed by atoms with van der Waals surface area (Å²) in [5.41, 5.74) is 1.86. The molecule has 2 saturated heterocycles. The zero-order valence-electron chi connectivity index (χ0n) is 20.4. The standard InChI is InChI=1S/C26H36FN5O3/c1-2-29(14-15-33)17-21-6-5-9-25(28-21)34-19-20-10-11-22-18-31(13-12-30(22)16-20)26-23-7-3-4-8-24(23)35-32(26)27/h3-9,20,22,26,33H,2,10-19H2,1H3. The van der Waals surface area contributed by atoms with E-state index in [-0.39, 0.29) is 6.61 Å². The van der Waals surface area contributed by atoms with E-state index in [1.165, 1.54) is 0 Å². The van der Waals surface area contributed by atoms with Crippen LogP contribution in [0.15, 0.2) is 42.5 Å². The van der Waals surface area contributed by atoms with E-state index in [9.17, 15) is 9.59 Å². The molecule has 1 aromatic heterocycles. The largest absolute Gasteiger partial charge is 0.477 e. The van der Waals surface area contributed by atoms with Gasteiger partial charge < -0.3 is 14.7 Å². The number of aliphatic hydroxyl groups is 1. The summed E-state index contributed by atoms with van der Waals surface area (Å²) in [5, 5.41) is 9.72. The third kappa shape index (κ3) is 5.59. The number of aliphatic hydroxyl groups excluding tert-OH is 1. The van der Waals surface area contributed by atoms with E-state index in [0.717, 1.165) is 56.8 Å². The molecule has 4 heterocycles. The summed E-state index contributed by atoms with van der Waals surface area (Å²) in [6, 6.07) is 13.9. The minimum atomic E-state index is -0.464. The first kappa shape index (κ1) is 24.4. The summed E-state index contributed by atoms with van der Waals surface area (Å²) in [4.78, 5) is 16.9. The summed E-state index contributed by atoms with van der Waals surface area (Å²) in [5.74, 6) is 1.73. The van der Waals surface area contributed by atoms with Crippen LogP contribution < -0.4 is 9.57 Å². The first-order chi connectivity index (χ1) is 17.1. The average molecular weight is 486 g/mol. The highest BCUT2D eigenvalue weighted by Gasteiger charge is 2.42. The summed E-state index contributed by atoms with van der Waals surface area (Å²) < 4.78 is 20.7. The minimum Gasteiger partial charge on any atom is -0.477 e. The molecule has 3 aliphatic rings. The van der Waals surface area contributed by atoms with Crippen LogP contribution >= 0.6 is 0 Å². The van der Waals surface area contributed by atoms with E-state index in [4.69, 9.17) is 9.57 Å². The Labute approximate surface area is 206 Å². The van der Waals surface area contributed by atoms with Gasteiger partial charge in [0.1, 0.15) is 0 Å². The molecule has 0 radical (unpaired) electrons. The first-order valence-corrected chi connectivity index (χ1v) is 12.8. The fourth-order valence-corrected chi connectivity index (χ4v) is 5.54. The Hall–Kier alpha value is -2.30. The van der Waals surface area contributed by atoms with Crippen LogP contribution in [-0.4, -0.2) is 88.6 Å². The lowest BCUT2D eigenvalue weighted by atomic mass is 9.91. The van der Waals surface area contributed by atoms with Gasteiger partial charge in [-0.1, -0.05) is 35.7 Å². The maximum absolute atomic E-state index is 14.6. The number of para-hydroxylation sites is 1. The van der Waals surface area contributed by atoms with Gasteiger partial charge in [-0.3, -0.25) is 14.7 Å². The predicted molar refractivity (Wildman–Crippen MR) is 130 cm³/mol. The van der Waals surface area contributed by atoms with Crippen LogP contribution in [0, 0.1) is 5.92 Å². The first-order valence-electron chi connectivity index (χ1n) is 12.8. The highest BCUT2D eigenvalue weighted by atomic mass is 19.2. The van der Waals surface area contributed by atoms with E-state index in [1.54, 1.807) is 0 Å². The molecule has 2 fully saturated rings. The van der Waals surface area contributed by atoms with Crippen LogP contribution in [0.3, 0.4) is 0 Å². The molecule has 3 aliphatic heterocycles. The highest BCUT2D eigenvalue weighted by molar-refractivity contribution is 5.37. The Morgan fingerprint density at radius 2 is 1.97 bits per heavy atom. The molecule has 0 amide bonds. The number of piperazine rings is 1. The van der Waals surface area contributed by atoms with Crippen molar-refractivity contribution in [1.29, 1.82) is 0 Å². The van der Waals surface area contributed by atoms with Gasteiger partial charge in [-0.05, 0) is 31.5 Å². The molecule has 0 bridgehead atoms. The molecule has 2 aromatic rings. The topological polar surface area (TPSA) is 64.5 Å². The smallest absolute Gasteiger partial charge is 0.213 e. The monoisotopic (exact) mass is 485 g/mol. The number of likely N-dealkylation sites (N-methyl/N-ethyl adjacent to an activating group) is 1. The molecular formula is C26H36FN5O3. The summed E-state index contributed by atoms with van der Waals surface area (Å²) in [6.45, 7) is 8.65. The molecule has 0 saturated carbocycles. The average Bonchev–Trinajstić information content (AvgIpc) is 3.22.